The Kier molecular flexibility index (Phi) is 3.97. The fourth-order valence-electron chi connectivity index (χ4n) is 2.18. The molecule has 2 nitrogen and oxygen atoms in total. The maximum Gasteiger partial charge on any atom is 0.110 e. The van der Waals surface area contributed by atoms with Gasteiger partial charge in [-0.2, -0.15) is 0 Å². The first-order chi connectivity index (χ1) is 8.36. The van der Waals surface area contributed by atoms with Crippen molar-refractivity contribution in [2.75, 3.05) is 0 Å². The van der Waals surface area contributed by atoms with Gasteiger partial charge in [0.25, 0.3) is 0 Å². The number of imidazole rings is 1. The van der Waals surface area contributed by atoms with Crippen molar-refractivity contribution in [3.05, 3.63) is 42.7 Å². The minimum atomic E-state index is 0.849. The van der Waals surface area contributed by atoms with Crippen LogP contribution in [0.5, 0.6) is 0 Å². The molecule has 0 fully saturated rings. The smallest absolute Gasteiger partial charge is 0.110 e. The first-order valence-electron chi connectivity index (χ1n) is 6.42. The van der Waals surface area contributed by atoms with Crippen LogP contribution in [0.15, 0.2) is 36.9 Å². The van der Waals surface area contributed by atoms with Crippen molar-refractivity contribution >= 4 is 11.0 Å². The minimum Gasteiger partial charge on any atom is -0.324 e. The van der Waals surface area contributed by atoms with Gasteiger partial charge in [-0.15, -0.1) is 6.58 Å². The molecule has 0 spiro atoms. The van der Waals surface area contributed by atoms with E-state index in [0.717, 1.165) is 18.5 Å². The van der Waals surface area contributed by atoms with Crippen molar-refractivity contribution in [2.24, 2.45) is 0 Å². The van der Waals surface area contributed by atoms with E-state index in [9.17, 15) is 0 Å². The number of para-hydroxylation sites is 2. The molecule has 90 valence electrons. The van der Waals surface area contributed by atoms with Crippen LogP contribution in [0.4, 0.5) is 0 Å². The summed E-state index contributed by atoms with van der Waals surface area (Å²) in [7, 11) is 0. The number of rotatable bonds is 6. The molecule has 0 aliphatic carbocycles. The van der Waals surface area contributed by atoms with E-state index < -0.39 is 0 Å². The Morgan fingerprint density at radius 2 is 2.12 bits per heavy atom. The Morgan fingerprint density at radius 1 is 1.29 bits per heavy atom. The number of unbranched alkanes of at least 4 members (excludes halogenated alkanes) is 2. The summed E-state index contributed by atoms with van der Waals surface area (Å²) in [6.45, 7) is 6.91. The zero-order valence-electron chi connectivity index (χ0n) is 10.5. The summed E-state index contributed by atoms with van der Waals surface area (Å²) in [6, 6.07) is 8.33. The van der Waals surface area contributed by atoms with Crippen LogP contribution in [0, 0.1) is 0 Å². The second kappa shape index (κ2) is 5.67. The van der Waals surface area contributed by atoms with Gasteiger partial charge in [0.2, 0.25) is 0 Å². The highest BCUT2D eigenvalue weighted by molar-refractivity contribution is 5.75. The number of aromatic nitrogens is 2. The third-order valence-electron chi connectivity index (χ3n) is 3.05. The van der Waals surface area contributed by atoms with Gasteiger partial charge in [0.05, 0.1) is 11.0 Å². The first-order valence-corrected chi connectivity index (χ1v) is 6.42. The summed E-state index contributed by atoms with van der Waals surface area (Å²) in [5, 5.41) is 0. The molecule has 0 N–H and O–H groups in total. The summed E-state index contributed by atoms with van der Waals surface area (Å²) < 4.78 is 2.28. The molecule has 0 amide bonds. The zero-order valence-corrected chi connectivity index (χ0v) is 10.5. The lowest BCUT2D eigenvalue weighted by Crippen LogP contribution is -2.02. The minimum absolute atomic E-state index is 0.849. The average molecular weight is 228 g/mol. The number of nitrogens with zero attached hydrogens (tertiary/aromatic N) is 2. The predicted octanol–water partition coefficient (Wildman–Crippen LogP) is 3.96. The van der Waals surface area contributed by atoms with Gasteiger partial charge < -0.3 is 4.57 Å². The molecule has 17 heavy (non-hydrogen) atoms. The van der Waals surface area contributed by atoms with Crippen LogP contribution in [-0.2, 0) is 13.0 Å². The maximum atomic E-state index is 4.72. The Bertz CT molecular complexity index is 497. The topological polar surface area (TPSA) is 17.8 Å². The van der Waals surface area contributed by atoms with Gasteiger partial charge in [0.1, 0.15) is 5.82 Å². The van der Waals surface area contributed by atoms with Crippen LogP contribution in [0.3, 0.4) is 0 Å². The molecular weight excluding hydrogens is 208 g/mol. The van der Waals surface area contributed by atoms with E-state index in [2.05, 4.69) is 36.3 Å². The molecule has 2 rings (SSSR count). The second-order valence-electron chi connectivity index (χ2n) is 4.37. The molecule has 2 aromatic rings. The Labute approximate surface area is 103 Å². The van der Waals surface area contributed by atoms with Gasteiger partial charge in [-0.1, -0.05) is 38.0 Å². The van der Waals surface area contributed by atoms with Gasteiger partial charge in [-0.3, -0.25) is 0 Å². The van der Waals surface area contributed by atoms with Crippen molar-refractivity contribution in [2.45, 2.75) is 39.2 Å². The summed E-state index contributed by atoms with van der Waals surface area (Å²) in [6.07, 6.45) is 6.75. The highest BCUT2D eigenvalue weighted by atomic mass is 15.1. The lowest BCUT2D eigenvalue weighted by molar-refractivity contribution is 0.663. The first kappa shape index (κ1) is 11.9. The standard InChI is InChI=1S/C15H20N2/c1-3-5-6-11-15-16-13-9-7-8-10-14(13)17(15)12-4-2/h4,7-10H,2-3,5-6,11-12H2,1H3. The molecule has 0 saturated carbocycles. The molecule has 0 unspecified atom stereocenters. The van der Waals surface area contributed by atoms with E-state index in [4.69, 9.17) is 4.98 Å². The van der Waals surface area contributed by atoms with Gasteiger partial charge in [0.15, 0.2) is 0 Å². The molecule has 0 radical (unpaired) electrons. The van der Waals surface area contributed by atoms with E-state index >= 15 is 0 Å². The lowest BCUT2D eigenvalue weighted by Gasteiger charge is -2.05. The quantitative estimate of drug-likeness (QED) is 0.540. The van der Waals surface area contributed by atoms with Crippen molar-refractivity contribution in [1.29, 1.82) is 0 Å². The zero-order chi connectivity index (χ0) is 12.1. The Hall–Kier alpha value is -1.57. The third kappa shape index (κ3) is 2.57. The fraction of sp³-hybridized carbons (Fsp3) is 0.400. The van der Waals surface area contributed by atoms with Crippen LogP contribution in [0.25, 0.3) is 11.0 Å². The molecule has 0 aliphatic rings. The van der Waals surface area contributed by atoms with Gasteiger partial charge in [-0.25, -0.2) is 4.98 Å². The van der Waals surface area contributed by atoms with Crippen molar-refractivity contribution in [3.63, 3.8) is 0 Å². The molecule has 0 atom stereocenters. The summed E-state index contributed by atoms with van der Waals surface area (Å²) in [5.74, 6) is 1.19. The lowest BCUT2D eigenvalue weighted by atomic mass is 10.2. The number of hydrogen-bond donors (Lipinski definition) is 0. The third-order valence-corrected chi connectivity index (χ3v) is 3.05. The molecule has 1 aromatic carbocycles. The van der Waals surface area contributed by atoms with Gasteiger partial charge in [-0.05, 0) is 18.6 Å². The molecule has 0 bridgehead atoms. The monoisotopic (exact) mass is 228 g/mol. The van der Waals surface area contributed by atoms with Gasteiger partial charge >= 0.3 is 0 Å². The fourth-order valence-corrected chi connectivity index (χ4v) is 2.18. The van der Waals surface area contributed by atoms with Crippen LogP contribution in [0.2, 0.25) is 0 Å². The van der Waals surface area contributed by atoms with E-state index in [1.54, 1.807) is 0 Å². The molecule has 1 heterocycles. The van der Waals surface area contributed by atoms with Crippen molar-refractivity contribution in [3.8, 4) is 0 Å². The van der Waals surface area contributed by atoms with Crippen molar-refractivity contribution < 1.29 is 0 Å². The molecule has 2 heteroatoms. The number of fused-ring (bicyclic) bond motifs is 1. The van der Waals surface area contributed by atoms with Gasteiger partial charge in [0, 0.05) is 13.0 Å². The van der Waals surface area contributed by atoms with E-state index in [1.165, 1.54) is 30.6 Å². The van der Waals surface area contributed by atoms with E-state index in [-0.39, 0.29) is 0 Å². The number of allylic oxidation sites excluding steroid dienone is 1. The molecule has 0 aliphatic heterocycles. The normalized spacial score (nSPS) is 10.9. The van der Waals surface area contributed by atoms with Crippen LogP contribution < -0.4 is 0 Å². The highest BCUT2D eigenvalue weighted by Crippen LogP contribution is 2.17. The summed E-state index contributed by atoms with van der Waals surface area (Å²) >= 11 is 0. The summed E-state index contributed by atoms with van der Waals surface area (Å²) in [5.41, 5.74) is 2.32. The average Bonchev–Trinajstić information content (AvgIpc) is 2.69. The van der Waals surface area contributed by atoms with Crippen molar-refractivity contribution in [1.82, 2.24) is 9.55 Å². The SMILES string of the molecule is C=CCn1c(CCCCC)nc2ccccc21. The second-order valence-corrected chi connectivity index (χ2v) is 4.37. The molecule has 0 saturated heterocycles. The van der Waals surface area contributed by atoms with Crippen LogP contribution in [0.1, 0.15) is 32.0 Å². The Morgan fingerprint density at radius 3 is 2.88 bits per heavy atom. The number of benzene rings is 1. The number of aryl methyl sites for hydroxylation is 1. The van der Waals surface area contributed by atoms with E-state index in [0.29, 0.717) is 0 Å². The van der Waals surface area contributed by atoms with E-state index in [1.807, 2.05) is 12.1 Å². The molecular formula is C15H20N2. The highest BCUT2D eigenvalue weighted by Gasteiger charge is 2.08. The number of hydrogen-bond acceptors (Lipinski definition) is 1. The Balaban J connectivity index is 2.32. The summed E-state index contributed by atoms with van der Waals surface area (Å²) in [4.78, 5) is 4.72. The largest absolute Gasteiger partial charge is 0.324 e. The predicted molar refractivity (Wildman–Crippen MR) is 73.2 cm³/mol. The van der Waals surface area contributed by atoms with Crippen LogP contribution in [-0.4, -0.2) is 9.55 Å². The molecule has 1 aromatic heterocycles. The maximum absolute atomic E-state index is 4.72. The van der Waals surface area contributed by atoms with Crippen LogP contribution >= 0.6 is 0 Å².